The topological polar surface area (TPSA) is 92.9 Å². The molecule has 9 heteroatoms. The van der Waals surface area contributed by atoms with Crippen molar-refractivity contribution in [2.75, 3.05) is 17.7 Å². The third kappa shape index (κ3) is 3.97. The lowest BCUT2D eigenvalue weighted by Crippen LogP contribution is -2.39. The van der Waals surface area contributed by atoms with E-state index >= 15 is 0 Å². The van der Waals surface area contributed by atoms with Gasteiger partial charge in [-0.05, 0) is 5.92 Å². The average molecular weight is 291 g/mol. The second-order valence-corrected chi connectivity index (χ2v) is 4.48. The number of nitrogens with zero attached hydrogens (tertiary/aromatic N) is 2. The predicted octanol–water partition coefficient (Wildman–Crippen LogP) is 1.46. The van der Waals surface area contributed by atoms with Crippen LogP contribution in [-0.4, -0.2) is 29.0 Å². The van der Waals surface area contributed by atoms with Crippen molar-refractivity contribution < 1.29 is 18.0 Å². The Labute approximate surface area is 114 Å². The third-order valence-corrected chi connectivity index (χ3v) is 2.52. The summed E-state index contributed by atoms with van der Waals surface area (Å²) in [5.74, 6) is -1.18. The van der Waals surface area contributed by atoms with Crippen molar-refractivity contribution >= 4 is 17.7 Å². The van der Waals surface area contributed by atoms with Crippen molar-refractivity contribution in [1.82, 2.24) is 9.97 Å². The van der Waals surface area contributed by atoms with E-state index in [-0.39, 0.29) is 17.7 Å². The number of halogens is 3. The monoisotopic (exact) mass is 291 g/mol. The number of hydrogen-bond acceptors (Lipinski definition) is 5. The number of amides is 1. The summed E-state index contributed by atoms with van der Waals surface area (Å²) in [6.07, 6.45) is -4.61. The van der Waals surface area contributed by atoms with E-state index in [9.17, 15) is 18.0 Å². The molecule has 1 heterocycles. The van der Waals surface area contributed by atoms with E-state index in [1.807, 2.05) is 0 Å². The van der Waals surface area contributed by atoms with Crippen LogP contribution in [0.25, 0.3) is 0 Å². The summed E-state index contributed by atoms with van der Waals surface area (Å²) in [4.78, 5) is 18.4. The van der Waals surface area contributed by atoms with Crippen LogP contribution in [-0.2, 0) is 11.0 Å². The molecule has 1 aromatic heterocycles. The van der Waals surface area contributed by atoms with Crippen molar-refractivity contribution in [1.29, 1.82) is 0 Å². The van der Waals surface area contributed by atoms with Crippen LogP contribution in [0.4, 0.5) is 24.9 Å². The quantitative estimate of drug-likeness (QED) is 0.763. The minimum atomic E-state index is -4.61. The highest BCUT2D eigenvalue weighted by Gasteiger charge is 2.34. The van der Waals surface area contributed by atoms with Gasteiger partial charge < -0.3 is 16.4 Å². The van der Waals surface area contributed by atoms with Gasteiger partial charge in [-0.2, -0.15) is 18.2 Å². The standard InChI is InChI=1S/C11H16F3N5O/c1-5(2)8(9(15)20)18-7-4-6(11(12,13)14)17-10(16-3)19-7/h4-5,8H,1-3H3,(H2,15,20)(H2,16,17,18,19). The van der Waals surface area contributed by atoms with E-state index in [0.717, 1.165) is 6.07 Å². The van der Waals surface area contributed by atoms with Gasteiger partial charge in [-0.25, -0.2) is 4.98 Å². The average Bonchev–Trinajstić information content (AvgIpc) is 2.33. The molecule has 0 aliphatic rings. The Bertz CT molecular complexity index is 489. The van der Waals surface area contributed by atoms with E-state index in [1.165, 1.54) is 7.05 Å². The largest absolute Gasteiger partial charge is 0.433 e. The zero-order valence-corrected chi connectivity index (χ0v) is 11.2. The van der Waals surface area contributed by atoms with Gasteiger partial charge in [0.1, 0.15) is 11.9 Å². The lowest BCUT2D eigenvalue weighted by atomic mass is 10.0. The Morgan fingerprint density at radius 1 is 1.35 bits per heavy atom. The number of nitrogens with two attached hydrogens (primary N) is 1. The number of rotatable bonds is 5. The second kappa shape index (κ2) is 5.93. The fraction of sp³-hybridized carbons (Fsp3) is 0.545. The summed E-state index contributed by atoms with van der Waals surface area (Å²) in [6.45, 7) is 3.43. The third-order valence-electron chi connectivity index (χ3n) is 2.52. The Morgan fingerprint density at radius 3 is 2.35 bits per heavy atom. The SMILES string of the molecule is CNc1nc(NC(C(N)=O)C(C)C)cc(C(F)(F)F)n1. The number of anilines is 2. The number of hydrogen-bond donors (Lipinski definition) is 3. The number of carbonyl (C=O) groups is 1. The summed E-state index contributed by atoms with van der Waals surface area (Å²) in [6, 6.07) is -0.0882. The molecule has 0 saturated carbocycles. The van der Waals surface area contributed by atoms with Gasteiger partial charge in [0.15, 0.2) is 5.69 Å². The van der Waals surface area contributed by atoms with Crippen molar-refractivity contribution in [2.24, 2.45) is 11.7 Å². The molecule has 6 nitrogen and oxygen atoms in total. The summed E-state index contributed by atoms with van der Waals surface area (Å²) in [7, 11) is 1.40. The van der Waals surface area contributed by atoms with Crippen LogP contribution in [0, 0.1) is 5.92 Å². The van der Waals surface area contributed by atoms with Crippen LogP contribution >= 0.6 is 0 Å². The van der Waals surface area contributed by atoms with E-state index in [4.69, 9.17) is 5.73 Å². The van der Waals surface area contributed by atoms with E-state index in [0.29, 0.717) is 0 Å². The van der Waals surface area contributed by atoms with Crippen molar-refractivity contribution in [3.8, 4) is 0 Å². The van der Waals surface area contributed by atoms with Crippen molar-refractivity contribution in [3.63, 3.8) is 0 Å². The van der Waals surface area contributed by atoms with Crippen LogP contribution in [0.15, 0.2) is 6.07 Å². The molecule has 0 aromatic carbocycles. The highest BCUT2D eigenvalue weighted by atomic mass is 19.4. The first-order valence-electron chi connectivity index (χ1n) is 5.85. The Kier molecular flexibility index (Phi) is 4.74. The second-order valence-electron chi connectivity index (χ2n) is 4.48. The predicted molar refractivity (Wildman–Crippen MR) is 68.0 cm³/mol. The summed E-state index contributed by atoms with van der Waals surface area (Å²) in [5, 5.41) is 5.03. The molecule has 1 amide bonds. The van der Waals surface area contributed by atoms with Gasteiger partial charge >= 0.3 is 6.18 Å². The van der Waals surface area contributed by atoms with Crippen LogP contribution in [0.1, 0.15) is 19.5 Å². The van der Waals surface area contributed by atoms with E-state index in [1.54, 1.807) is 13.8 Å². The minimum Gasteiger partial charge on any atom is -0.368 e. The molecule has 0 fully saturated rings. The Morgan fingerprint density at radius 2 is 1.95 bits per heavy atom. The van der Waals surface area contributed by atoms with Crippen LogP contribution in [0.5, 0.6) is 0 Å². The highest BCUT2D eigenvalue weighted by Crippen LogP contribution is 2.29. The zero-order valence-electron chi connectivity index (χ0n) is 11.2. The van der Waals surface area contributed by atoms with E-state index in [2.05, 4.69) is 20.6 Å². The van der Waals surface area contributed by atoms with Gasteiger partial charge in [0, 0.05) is 13.1 Å². The number of aromatic nitrogens is 2. The number of primary amides is 1. The van der Waals surface area contributed by atoms with Crippen LogP contribution < -0.4 is 16.4 Å². The van der Waals surface area contributed by atoms with Gasteiger partial charge in [-0.3, -0.25) is 4.79 Å². The fourth-order valence-corrected chi connectivity index (χ4v) is 1.50. The Balaban J connectivity index is 3.14. The van der Waals surface area contributed by atoms with Gasteiger partial charge in [-0.1, -0.05) is 13.8 Å². The molecule has 0 bridgehead atoms. The molecule has 0 spiro atoms. The first-order valence-corrected chi connectivity index (χ1v) is 5.85. The summed E-state index contributed by atoms with van der Waals surface area (Å²) >= 11 is 0. The fourth-order valence-electron chi connectivity index (χ4n) is 1.50. The maximum atomic E-state index is 12.7. The molecule has 20 heavy (non-hydrogen) atoms. The summed E-state index contributed by atoms with van der Waals surface area (Å²) in [5.41, 5.74) is 4.09. The molecule has 1 aromatic rings. The lowest BCUT2D eigenvalue weighted by Gasteiger charge is -2.20. The number of nitrogens with one attached hydrogen (secondary N) is 2. The smallest absolute Gasteiger partial charge is 0.368 e. The van der Waals surface area contributed by atoms with Crippen molar-refractivity contribution in [3.05, 3.63) is 11.8 Å². The number of carbonyl (C=O) groups excluding carboxylic acids is 1. The first-order chi connectivity index (χ1) is 9.15. The van der Waals surface area contributed by atoms with Crippen LogP contribution in [0.3, 0.4) is 0 Å². The maximum Gasteiger partial charge on any atom is 0.433 e. The molecular weight excluding hydrogens is 275 g/mol. The molecule has 1 unspecified atom stereocenters. The van der Waals surface area contributed by atoms with Gasteiger partial charge in [0.2, 0.25) is 11.9 Å². The molecule has 0 saturated heterocycles. The molecule has 0 aliphatic carbocycles. The van der Waals surface area contributed by atoms with Gasteiger partial charge in [0.05, 0.1) is 0 Å². The zero-order chi connectivity index (χ0) is 15.5. The normalized spacial score (nSPS) is 13.2. The molecule has 1 rings (SSSR count). The lowest BCUT2D eigenvalue weighted by molar-refractivity contribution is -0.141. The molecule has 112 valence electrons. The summed E-state index contributed by atoms with van der Waals surface area (Å²) < 4.78 is 38.1. The van der Waals surface area contributed by atoms with E-state index < -0.39 is 23.8 Å². The molecular formula is C11H16F3N5O. The molecule has 4 N–H and O–H groups in total. The first kappa shape index (κ1) is 16.0. The molecule has 0 radical (unpaired) electrons. The van der Waals surface area contributed by atoms with Gasteiger partial charge in [-0.15, -0.1) is 0 Å². The Hall–Kier alpha value is -2.06. The minimum absolute atomic E-state index is 0.117. The molecule has 1 atom stereocenters. The van der Waals surface area contributed by atoms with Crippen molar-refractivity contribution in [2.45, 2.75) is 26.1 Å². The maximum absolute atomic E-state index is 12.7. The highest BCUT2D eigenvalue weighted by molar-refractivity contribution is 5.83. The van der Waals surface area contributed by atoms with Crippen LogP contribution in [0.2, 0.25) is 0 Å². The molecule has 0 aliphatic heterocycles. The number of alkyl halides is 3. The van der Waals surface area contributed by atoms with Gasteiger partial charge in [0.25, 0.3) is 0 Å².